The zero-order valence-electron chi connectivity index (χ0n) is 9.85. The van der Waals surface area contributed by atoms with Gasteiger partial charge in [0.2, 0.25) is 0 Å². The second-order valence-corrected chi connectivity index (χ2v) is 3.62. The molecule has 0 atom stereocenters. The zero-order chi connectivity index (χ0) is 12.9. The molecular weight excluding hydrogens is 232 g/mol. The van der Waals surface area contributed by atoms with Crippen molar-refractivity contribution in [1.82, 2.24) is 0 Å². The van der Waals surface area contributed by atoms with Crippen molar-refractivity contribution in [2.24, 2.45) is 0 Å². The minimum absolute atomic E-state index is 0.0839. The van der Waals surface area contributed by atoms with Crippen LogP contribution in [-0.4, -0.2) is 34.8 Å². The monoisotopic (exact) mass is 252 g/mol. The summed E-state index contributed by atoms with van der Waals surface area (Å²) in [5.41, 5.74) is 0. The molecule has 0 aliphatic heterocycles. The lowest BCUT2D eigenvalue weighted by Gasteiger charge is -2.00. The quantitative estimate of drug-likeness (QED) is 0.615. The van der Waals surface area contributed by atoms with E-state index in [1.165, 1.54) is 12.2 Å². The van der Waals surface area contributed by atoms with E-state index in [2.05, 4.69) is 21.5 Å². The van der Waals surface area contributed by atoms with E-state index in [-0.39, 0.29) is 13.2 Å². The molecular formula is C10H20O5S. The van der Waals surface area contributed by atoms with Crippen LogP contribution in [0, 0.1) is 0 Å². The summed E-state index contributed by atoms with van der Waals surface area (Å²) in [6, 6.07) is 0. The highest BCUT2D eigenvalue weighted by atomic mass is 32.3. The fourth-order valence-corrected chi connectivity index (χ4v) is 1.09. The first-order chi connectivity index (χ1) is 7.54. The van der Waals surface area contributed by atoms with Crippen LogP contribution < -0.4 is 0 Å². The Hall–Kier alpha value is -0.690. The van der Waals surface area contributed by atoms with E-state index >= 15 is 0 Å². The van der Waals surface area contributed by atoms with Crippen molar-refractivity contribution in [2.45, 2.75) is 13.8 Å². The van der Waals surface area contributed by atoms with Gasteiger partial charge in [-0.05, 0) is 13.8 Å². The van der Waals surface area contributed by atoms with E-state index < -0.39 is 10.4 Å². The highest BCUT2D eigenvalue weighted by Gasteiger charge is 2.08. The maximum absolute atomic E-state index is 10.6. The van der Waals surface area contributed by atoms with Crippen molar-refractivity contribution < 1.29 is 21.5 Å². The third kappa shape index (κ3) is 15.8. The molecule has 0 aromatic carbocycles. The lowest BCUT2D eigenvalue weighted by atomic mass is 10.7. The molecule has 0 unspecified atom stereocenters. The average molecular weight is 252 g/mol. The molecule has 0 heterocycles. The molecule has 16 heavy (non-hydrogen) atoms. The molecule has 0 aliphatic carbocycles. The molecule has 96 valence electrons. The first kappa shape index (κ1) is 17.7. The van der Waals surface area contributed by atoms with Crippen LogP contribution in [0.25, 0.3) is 0 Å². The van der Waals surface area contributed by atoms with Gasteiger partial charge in [-0.1, -0.05) is 12.2 Å². The van der Waals surface area contributed by atoms with Gasteiger partial charge in [-0.15, -0.1) is 13.2 Å². The summed E-state index contributed by atoms with van der Waals surface area (Å²) in [7, 11) is -3.85. The van der Waals surface area contributed by atoms with E-state index in [4.69, 9.17) is 4.74 Å². The van der Waals surface area contributed by atoms with Gasteiger partial charge in [0.15, 0.2) is 0 Å². The summed E-state index contributed by atoms with van der Waals surface area (Å²) in [6.45, 7) is 12.1. The number of ether oxygens (including phenoxy) is 1. The summed E-state index contributed by atoms with van der Waals surface area (Å²) in [5.74, 6) is 0. The topological polar surface area (TPSA) is 61.8 Å². The van der Waals surface area contributed by atoms with Crippen LogP contribution in [0.1, 0.15) is 13.8 Å². The Morgan fingerprint density at radius 1 is 1.00 bits per heavy atom. The molecule has 0 aromatic heterocycles. The zero-order valence-corrected chi connectivity index (χ0v) is 10.7. The summed E-state index contributed by atoms with van der Waals surface area (Å²) in [4.78, 5) is 0. The molecule has 0 radical (unpaired) electrons. The maximum Gasteiger partial charge on any atom is 0.400 e. The third-order valence-corrected chi connectivity index (χ3v) is 1.92. The van der Waals surface area contributed by atoms with E-state index in [0.717, 1.165) is 13.2 Å². The number of hydrogen-bond acceptors (Lipinski definition) is 5. The lowest BCUT2D eigenvalue weighted by molar-refractivity contribution is 0.162. The summed E-state index contributed by atoms with van der Waals surface area (Å²) in [6.07, 6.45) is 2.63. The van der Waals surface area contributed by atoms with Crippen LogP contribution in [0.2, 0.25) is 0 Å². The Kier molecular flexibility index (Phi) is 13.7. The van der Waals surface area contributed by atoms with Crippen molar-refractivity contribution in [3.8, 4) is 0 Å². The van der Waals surface area contributed by atoms with Gasteiger partial charge in [0.1, 0.15) is 0 Å². The van der Waals surface area contributed by atoms with Crippen LogP contribution in [0.3, 0.4) is 0 Å². The fourth-order valence-electron chi connectivity index (χ4n) is 0.501. The van der Waals surface area contributed by atoms with Gasteiger partial charge in [0, 0.05) is 13.2 Å². The average Bonchev–Trinajstić information content (AvgIpc) is 2.26. The fraction of sp³-hybridized carbons (Fsp3) is 0.600. The van der Waals surface area contributed by atoms with Crippen molar-refractivity contribution in [1.29, 1.82) is 0 Å². The van der Waals surface area contributed by atoms with Crippen LogP contribution in [0.4, 0.5) is 0 Å². The first-order valence-corrected chi connectivity index (χ1v) is 6.20. The van der Waals surface area contributed by atoms with Crippen molar-refractivity contribution in [3.63, 3.8) is 0 Å². The van der Waals surface area contributed by atoms with Gasteiger partial charge in [0.25, 0.3) is 0 Å². The largest absolute Gasteiger partial charge is 0.400 e. The molecule has 0 saturated carbocycles. The van der Waals surface area contributed by atoms with Crippen LogP contribution >= 0.6 is 0 Å². The molecule has 5 nitrogen and oxygen atoms in total. The van der Waals surface area contributed by atoms with Crippen molar-refractivity contribution >= 4 is 10.4 Å². The molecule has 0 aromatic rings. The third-order valence-electron chi connectivity index (χ3n) is 1.07. The van der Waals surface area contributed by atoms with Crippen LogP contribution in [-0.2, 0) is 23.5 Å². The molecule has 0 N–H and O–H groups in total. The van der Waals surface area contributed by atoms with Gasteiger partial charge < -0.3 is 4.74 Å². The Balaban J connectivity index is 0. The molecule has 0 spiro atoms. The van der Waals surface area contributed by atoms with E-state index in [1.807, 2.05) is 13.8 Å². The first-order valence-electron chi connectivity index (χ1n) is 4.87. The van der Waals surface area contributed by atoms with E-state index in [1.54, 1.807) is 0 Å². The second-order valence-electron chi connectivity index (χ2n) is 2.34. The molecule has 6 heteroatoms. The summed E-state index contributed by atoms with van der Waals surface area (Å²) < 4.78 is 34.6. The Labute approximate surface area is 98.0 Å². The predicted molar refractivity (Wildman–Crippen MR) is 63.4 cm³/mol. The molecule has 0 saturated heterocycles. The molecule has 0 aliphatic rings. The summed E-state index contributed by atoms with van der Waals surface area (Å²) in [5, 5.41) is 0. The van der Waals surface area contributed by atoms with Gasteiger partial charge in [-0.3, -0.25) is 0 Å². The second kappa shape index (κ2) is 12.4. The van der Waals surface area contributed by atoms with Gasteiger partial charge >= 0.3 is 10.4 Å². The number of rotatable bonds is 8. The van der Waals surface area contributed by atoms with Gasteiger partial charge in [-0.2, -0.15) is 8.42 Å². The van der Waals surface area contributed by atoms with Crippen molar-refractivity contribution in [3.05, 3.63) is 25.3 Å². The SMILES string of the molecule is C=CCOS(=O)(=O)OCC=C.CCOCC. The predicted octanol–water partition coefficient (Wildman–Crippen LogP) is 1.68. The molecule has 0 amide bonds. The van der Waals surface area contributed by atoms with E-state index in [0.29, 0.717) is 0 Å². The summed E-state index contributed by atoms with van der Waals surface area (Å²) >= 11 is 0. The van der Waals surface area contributed by atoms with Crippen molar-refractivity contribution in [2.75, 3.05) is 26.4 Å². The maximum atomic E-state index is 10.6. The Bertz CT molecular complexity index is 238. The van der Waals surface area contributed by atoms with E-state index in [9.17, 15) is 8.42 Å². The smallest absolute Gasteiger partial charge is 0.382 e. The number of hydrogen-bond donors (Lipinski definition) is 0. The lowest BCUT2D eigenvalue weighted by Crippen LogP contribution is -2.09. The van der Waals surface area contributed by atoms with Crippen LogP contribution in [0.15, 0.2) is 25.3 Å². The molecule has 0 bridgehead atoms. The minimum atomic E-state index is -3.85. The normalized spacial score (nSPS) is 10.1. The van der Waals surface area contributed by atoms with Crippen LogP contribution in [0.5, 0.6) is 0 Å². The highest BCUT2D eigenvalue weighted by molar-refractivity contribution is 7.81. The molecule has 0 rings (SSSR count). The minimum Gasteiger partial charge on any atom is -0.382 e. The Morgan fingerprint density at radius 2 is 1.38 bits per heavy atom. The van der Waals surface area contributed by atoms with Gasteiger partial charge in [-0.25, -0.2) is 8.37 Å². The highest BCUT2D eigenvalue weighted by Crippen LogP contribution is 1.94. The Morgan fingerprint density at radius 3 is 1.56 bits per heavy atom. The van der Waals surface area contributed by atoms with Gasteiger partial charge in [0.05, 0.1) is 13.2 Å². The molecule has 0 fully saturated rings. The standard InChI is InChI=1S/C6H10O4S.C4H10O/c1-3-5-9-11(7,8)10-6-4-2;1-3-5-4-2/h3-4H,1-2,5-6H2;3-4H2,1-2H3.